The molecular weight excluding hydrogens is 587 g/mol. The first-order valence-corrected chi connectivity index (χ1v) is 18.1. The summed E-state index contributed by atoms with van der Waals surface area (Å²) in [7, 11) is -1.56. The number of hydrogen-bond acceptors (Lipinski definition) is 1. The highest BCUT2D eigenvalue weighted by Gasteiger charge is 2.47. The molecule has 3 aliphatic rings. The van der Waals surface area contributed by atoms with Crippen LogP contribution in [0.5, 0.6) is 0 Å². The molecule has 0 aliphatic carbocycles. The Balaban J connectivity index is 1.11. The van der Waals surface area contributed by atoms with Gasteiger partial charge in [-0.2, -0.15) is 0 Å². The van der Waals surface area contributed by atoms with Crippen LogP contribution in [-0.4, -0.2) is 0 Å². The first kappa shape index (κ1) is 26.9. The van der Waals surface area contributed by atoms with Crippen LogP contribution in [0.15, 0.2) is 183 Å². The van der Waals surface area contributed by atoms with Gasteiger partial charge in [-0.3, -0.25) is 0 Å². The van der Waals surface area contributed by atoms with Gasteiger partial charge < -0.3 is 4.90 Å². The average Bonchev–Trinajstić information content (AvgIpc) is 3.59. The van der Waals surface area contributed by atoms with Gasteiger partial charge in [0, 0.05) is 30.7 Å². The summed E-state index contributed by atoms with van der Waals surface area (Å²) in [5, 5.41) is 0. The first-order valence-electron chi connectivity index (χ1n) is 16.4. The summed E-state index contributed by atoms with van der Waals surface area (Å²) in [5.74, 6) is 0. The normalized spacial score (nSPS) is 16.0. The minimum Gasteiger partial charge on any atom is -0.310 e. The quantitative estimate of drug-likeness (QED) is 0.186. The lowest BCUT2D eigenvalue weighted by Crippen LogP contribution is -2.30. The molecule has 0 bridgehead atoms. The lowest BCUT2D eigenvalue weighted by molar-refractivity contribution is 0.632. The summed E-state index contributed by atoms with van der Waals surface area (Å²) in [6.07, 6.45) is 0. The maximum Gasteiger partial charge on any atom is 0.0502 e. The van der Waals surface area contributed by atoms with Crippen LogP contribution in [0.3, 0.4) is 0 Å². The molecule has 0 saturated carbocycles. The fourth-order valence-corrected chi connectivity index (χ4v) is 13.1. The number of anilines is 3. The molecule has 0 radical (unpaired) electrons. The molecule has 1 spiro atoms. The minimum absolute atomic E-state index is 0.0654. The predicted molar refractivity (Wildman–Crippen MR) is 197 cm³/mol. The van der Waals surface area contributed by atoms with Gasteiger partial charge in [-0.1, -0.05) is 123 Å². The van der Waals surface area contributed by atoms with Crippen LogP contribution >= 0.6 is 10.0 Å². The van der Waals surface area contributed by atoms with E-state index in [9.17, 15) is 0 Å². The van der Waals surface area contributed by atoms with Crippen LogP contribution in [0, 0.1) is 0 Å². The van der Waals surface area contributed by atoms with Crippen LogP contribution < -0.4 is 4.90 Å². The van der Waals surface area contributed by atoms with Gasteiger partial charge >= 0.3 is 0 Å². The van der Waals surface area contributed by atoms with Crippen LogP contribution in [0.1, 0.15) is 25.0 Å². The van der Waals surface area contributed by atoms with Crippen molar-refractivity contribution in [3.63, 3.8) is 0 Å². The largest absolute Gasteiger partial charge is 0.310 e. The molecule has 3 aliphatic heterocycles. The van der Waals surface area contributed by atoms with E-state index in [-0.39, 0.29) is 5.41 Å². The highest BCUT2D eigenvalue weighted by Crippen LogP contribution is 2.84. The van der Waals surface area contributed by atoms with Gasteiger partial charge in [-0.25, -0.2) is 0 Å². The number of fused-ring (bicyclic) bond motifs is 12. The number of para-hydroxylation sites is 2. The molecule has 47 heavy (non-hydrogen) atoms. The minimum atomic E-state index is -1.56. The van der Waals surface area contributed by atoms with Gasteiger partial charge in [0.05, 0.1) is 11.4 Å². The van der Waals surface area contributed by atoms with Crippen LogP contribution in [0.4, 0.5) is 17.1 Å². The zero-order valence-corrected chi connectivity index (χ0v) is 27.3. The van der Waals surface area contributed by atoms with Crippen molar-refractivity contribution in [3.05, 3.63) is 175 Å². The molecule has 0 atom stereocenters. The summed E-state index contributed by atoms with van der Waals surface area (Å²) in [6, 6.07) is 61.5. The summed E-state index contributed by atoms with van der Waals surface area (Å²) < 4.78 is 0. The van der Waals surface area contributed by atoms with E-state index in [2.05, 4.69) is 183 Å². The van der Waals surface area contributed by atoms with Gasteiger partial charge in [0.25, 0.3) is 0 Å². The molecular formula is C45H33NS. The van der Waals surface area contributed by atoms with E-state index in [1.807, 2.05) is 0 Å². The number of rotatable bonds is 2. The predicted octanol–water partition coefficient (Wildman–Crippen LogP) is 12.8. The second-order valence-corrected chi connectivity index (χ2v) is 16.3. The van der Waals surface area contributed by atoms with Gasteiger partial charge in [-0.05, 0) is 99.1 Å². The third-order valence-electron chi connectivity index (χ3n) is 10.6. The second kappa shape index (κ2) is 9.61. The molecule has 224 valence electrons. The highest BCUT2D eigenvalue weighted by atomic mass is 32.3. The molecule has 1 nitrogen and oxygen atoms in total. The van der Waals surface area contributed by atoms with E-state index in [1.165, 1.54) is 81.2 Å². The smallest absolute Gasteiger partial charge is 0.0502 e. The molecule has 0 aromatic heterocycles. The number of benzene rings is 7. The van der Waals surface area contributed by atoms with Gasteiger partial charge in [0.15, 0.2) is 0 Å². The van der Waals surface area contributed by atoms with Crippen molar-refractivity contribution in [2.24, 2.45) is 0 Å². The summed E-state index contributed by atoms with van der Waals surface area (Å²) in [6.45, 7) is 4.68. The topological polar surface area (TPSA) is 3.24 Å². The Morgan fingerprint density at radius 2 is 0.830 bits per heavy atom. The molecule has 7 aromatic carbocycles. The molecule has 2 heteroatoms. The SMILES string of the molecule is CC1(C)c2ccccc2N(c2ccc(-c3ccc4c(c3)-c3ccccc3S43c4ccccc4-c4ccccc43)cc2)c2ccccc21. The third-order valence-corrected chi connectivity index (χ3v) is 14.7. The molecule has 0 saturated heterocycles. The molecule has 0 amide bonds. The fourth-order valence-electron chi connectivity index (χ4n) is 8.52. The first-order chi connectivity index (χ1) is 23.1. The third kappa shape index (κ3) is 3.46. The van der Waals surface area contributed by atoms with E-state index in [0.717, 1.165) is 0 Å². The lowest BCUT2D eigenvalue weighted by atomic mass is 9.73. The van der Waals surface area contributed by atoms with E-state index < -0.39 is 10.0 Å². The molecule has 0 unspecified atom stereocenters. The van der Waals surface area contributed by atoms with E-state index in [4.69, 9.17) is 0 Å². The van der Waals surface area contributed by atoms with E-state index >= 15 is 0 Å². The Kier molecular flexibility index (Phi) is 5.49. The van der Waals surface area contributed by atoms with Crippen LogP contribution in [0.2, 0.25) is 0 Å². The fraction of sp³-hybridized carbons (Fsp3) is 0.0667. The van der Waals surface area contributed by atoms with Crippen LogP contribution in [-0.2, 0) is 5.41 Å². The average molecular weight is 620 g/mol. The summed E-state index contributed by atoms with van der Waals surface area (Å²) in [4.78, 5) is 8.29. The maximum absolute atomic E-state index is 2.45. The monoisotopic (exact) mass is 619 g/mol. The standard InChI is InChI=1S/C45H33NS/c1-45(2)37-16-6-8-18-39(37)46(40-19-9-7-17-38(40)45)32-26-23-30(24-27-32)31-25-28-44-36(29-31)35-15-5-12-22-43(35)47(44)41-20-10-3-13-33(41)34-14-4-11-21-42(34)47/h3-29H,1-2H3. The Morgan fingerprint density at radius 3 is 1.38 bits per heavy atom. The Hall–Kier alpha value is -5.31. The van der Waals surface area contributed by atoms with Gasteiger partial charge in [0.1, 0.15) is 0 Å². The van der Waals surface area contributed by atoms with Crippen molar-refractivity contribution >= 4 is 27.1 Å². The van der Waals surface area contributed by atoms with Crippen molar-refractivity contribution in [3.8, 4) is 33.4 Å². The molecule has 3 heterocycles. The van der Waals surface area contributed by atoms with Crippen LogP contribution in [0.25, 0.3) is 33.4 Å². The summed E-state index contributed by atoms with van der Waals surface area (Å²) in [5.41, 5.74) is 14.3. The molecule has 7 aromatic rings. The lowest BCUT2D eigenvalue weighted by Gasteiger charge is -2.42. The number of nitrogens with zero attached hydrogens (tertiary/aromatic N) is 1. The summed E-state index contributed by atoms with van der Waals surface area (Å²) >= 11 is 0. The van der Waals surface area contributed by atoms with Crippen molar-refractivity contribution in [1.82, 2.24) is 0 Å². The molecule has 0 N–H and O–H groups in total. The van der Waals surface area contributed by atoms with Crippen molar-refractivity contribution in [2.75, 3.05) is 4.90 Å². The van der Waals surface area contributed by atoms with Gasteiger partial charge in [0.2, 0.25) is 0 Å². The zero-order chi connectivity index (χ0) is 31.3. The van der Waals surface area contributed by atoms with Crippen molar-refractivity contribution < 1.29 is 0 Å². The van der Waals surface area contributed by atoms with Gasteiger partial charge in [-0.15, -0.1) is 10.0 Å². The Labute approximate surface area is 278 Å². The Morgan fingerprint density at radius 1 is 0.404 bits per heavy atom. The van der Waals surface area contributed by atoms with E-state index in [0.29, 0.717) is 0 Å². The number of hydrogen-bond donors (Lipinski definition) is 0. The molecule has 10 rings (SSSR count). The molecule has 0 fully saturated rings. The second-order valence-electron chi connectivity index (χ2n) is 13.4. The van der Waals surface area contributed by atoms with Crippen molar-refractivity contribution in [1.29, 1.82) is 0 Å². The van der Waals surface area contributed by atoms with Crippen molar-refractivity contribution in [2.45, 2.75) is 38.8 Å². The Bertz CT molecular complexity index is 2300. The van der Waals surface area contributed by atoms with E-state index in [1.54, 1.807) is 0 Å². The highest BCUT2D eigenvalue weighted by molar-refractivity contribution is 8.34. The zero-order valence-electron chi connectivity index (χ0n) is 26.4. The maximum atomic E-state index is 2.45.